The molecule has 3 aromatic carbocycles. The van der Waals surface area contributed by atoms with Gasteiger partial charge in [-0.15, -0.1) is 0 Å². The smallest absolute Gasteiger partial charge is 0.257 e. The molecular weight excluding hydrogens is 408 g/mol. The summed E-state index contributed by atoms with van der Waals surface area (Å²) in [6.45, 7) is 4.57. The van der Waals surface area contributed by atoms with Crippen molar-refractivity contribution >= 4 is 28.9 Å². The van der Waals surface area contributed by atoms with E-state index in [1.807, 2.05) is 61.5 Å². The maximum atomic E-state index is 12.4. The van der Waals surface area contributed by atoms with E-state index >= 15 is 0 Å². The van der Waals surface area contributed by atoms with E-state index in [0.717, 1.165) is 29.2 Å². The van der Waals surface area contributed by atoms with Gasteiger partial charge in [0, 0.05) is 11.3 Å². The fourth-order valence-electron chi connectivity index (χ4n) is 2.71. The van der Waals surface area contributed by atoms with Crippen molar-refractivity contribution in [2.24, 2.45) is 0 Å². The Balaban J connectivity index is 1.48. The summed E-state index contributed by atoms with van der Waals surface area (Å²) in [5, 5.41) is 5.92. The maximum Gasteiger partial charge on any atom is 0.257 e. The summed E-state index contributed by atoms with van der Waals surface area (Å²) >= 11 is 5.26. The first-order chi connectivity index (χ1) is 15.0. The Labute approximate surface area is 188 Å². The predicted octanol–water partition coefficient (Wildman–Crippen LogP) is 5.57. The second-order valence-corrected chi connectivity index (χ2v) is 7.48. The van der Waals surface area contributed by atoms with E-state index in [1.165, 1.54) is 0 Å². The standard InChI is InChI=1S/C25H26N2O3S/c1-3-18(2)30-23-13-9-20(10-14-23)24(28)27-25(31)26-21-11-15-22(16-12-21)29-17-19-7-5-4-6-8-19/h4-16,18H,3,17H2,1-2H3,(H2,26,27,28,31). The molecule has 6 heteroatoms. The highest BCUT2D eigenvalue weighted by molar-refractivity contribution is 7.80. The Morgan fingerprint density at radius 1 is 0.935 bits per heavy atom. The summed E-state index contributed by atoms with van der Waals surface area (Å²) in [4.78, 5) is 12.4. The number of carbonyl (C=O) groups is 1. The van der Waals surface area contributed by atoms with Crippen molar-refractivity contribution in [1.82, 2.24) is 5.32 Å². The first-order valence-electron chi connectivity index (χ1n) is 10.2. The van der Waals surface area contributed by atoms with Gasteiger partial charge in [0.25, 0.3) is 5.91 Å². The van der Waals surface area contributed by atoms with Gasteiger partial charge in [0.15, 0.2) is 5.11 Å². The zero-order valence-corrected chi connectivity index (χ0v) is 18.4. The molecule has 3 rings (SSSR count). The van der Waals surface area contributed by atoms with Crippen LogP contribution < -0.4 is 20.1 Å². The van der Waals surface area contributed by atoms with E-state index in [4.69, 9.17) is 21.7 Å². The Kier molecular flexibility index (Phi) is 8.01. The van der Waals surface area contributed by atoms with Gasteiger partial charge in [0.05, 0.1) is 6.10 Å². The molecule has 0 bridgehead atoms. The molecule has 0 heterocycles. The highest BCUT2D eigenvalue weighted by Gasteiger charge is 2.09. The third kappa shape index (κ3) is 7.12. The average molecular weight is 435 g/mol. The number of nitrogens with one attached hydrogen (secondary N) is 2. The fraction of sp³-hybridized carbons (Fsp3) is 0.200. The molecular formula is C25H26N2O3S. The van der Waals surface area contributed by atoms with E-state index in [9.17, 15) is 4.79 Å². The Hall–Kier alpha value is -3.38. The molecule has 5 nitrogen and oxygen atoms in total. The van der Waals surface area contributed by atoms with Crippen molar-refractivity contribution < 1.29 is 14.3 Å². The van der Waals surface area contributed by atoms with Crippen LogP contribution in [-0.2, 0) is 6.61 Å². The Bertz CT molecular complexity index is 990. The van der Waals surface area contributed by atoms with E-state index in [0.29, 0.717) is 12.2 Å². The van der Waals surface area contributed by atoms with Crippen LogP contribution >= 0.6 is 12.2 Å². The zero-order valence-electron chi connectivity index (χ0n) is 17.6. The third-order valence-electron chi connectivity index (χ3n) is 4.62. The van der Waals surface area contributed by atoms with Gasteiger partial charge in [-0.3, -0.25) is 10.1 Å². The lowest BCUT2D eigenvalue weighted by atomic mass is 10.2. The number of rotatable bonds is 8. The molecule has 1 unspecified atom stereocenters. The van der Waals surface area contributed by atoms with Gasteiger partial charge in [-0.2, -0.15) is 0 Å². The third-order valence-corrected chi connectivity index (χ3v) is 4.82. The summed E-state index contributed by atoms with van der Waals surface area (Å²) in [6, 6.07) is 24.4. The molecule has 0 saturated carbocycles. The van der Waals surface area contributed by atoms with Crippen molar-refractivity contribution in [2.45, 2.75) is 33.0 Å². The number of hydrogen-bond acceptors (Lipinski definition) is 4. The van der Waals surface area contributed by atoms with Gasteiger partial charge < -0.3 is 14.8 Å². The number of carbonyl (C=O) groups excluding carboxylic acids is 1. The van der Waals surface area contributed by atoms with Crippen LogP contribution in [-0.4, -0.2) is 17.1 Å². The number of benzene rings is 3. The second-order valence-electron chi connectivity index (χ2n) is 7.07. The lowest BCUT2D eigenvalue weighted by Crippen LogP contribution is -2.34. The average Bonchev–Trinajstić information content (AvgIpc) is 2.79. The summed E-state index contributed by atoms with van der Waals surface area (Å²) < 4.78 is 11.5. The predicted molar refractivity (Wildman–Crippen MR) is 128 cm³/mol. The van der Waals surface area contributed by atoms with Gasteiger partial charge >= 0.3 is 0 Å². The van der Waals surface area contributed by atoms with Crippen molar-refractivity contribution in [2.75, 3.05) is 5.32 Å². The zero-order chi connectivity index (χ0) is 22.1. The van der Waals surface area contributed by atoms with Crippen LogP contribution in [0, 0.1) is 0 Å². The van der Waals surface area contributed by atoms with Gasteiger partial charge in [0.2, 0.25) is 0 Å². The molecule has 0 saturated heterocycles. The minimum atomic E-state index is -0.282. The lowest BCUT2D eigenvalue weighted by Gasteiger charge is -2.13. The highest BCUT2D eigenvalue weighted by Crippen LogP contribution is 2.18. The highest BCUT2D eigenvalue weighted by atomic mass is 32.1. The minimum absolute atomic E-state index is 0.131. The topological polar surface area (TPSA) is 59.6 Å². The SMILES string of the molecule is CCC(C)Oc1ccc(C(=O)NC(=S)Nc2ccc(OCc3ccccc3)cc2)cc1. The van der Waals surface area contributed by atoms with E-state index < -0.39 is 0 Å². The van der Waals surface area contributed by atoms with E-state index in [1.54, 1.807) is 24.3 Å². The molecule has 0 fully saturated rings. The van der Waals surface area contributed by atoms with Crippen LogP contribution in [0.15, 0.2) is 78.9 Å². The molecule has 1 amide bonds. The fourth-order valence-corrected chi connectivity index (χ4v) is 2.92. The van der Waals surface area contributed by atoms with Crippen molar-refractivity contribution in [3.63, 3.8) is 0 Å². The van der Waals surface area contributed by atoms with Crippen LogP contribution in [0.1, 0.15) is 36.2 Å². The van der Waals surface area contributed by atoms with Crippen LogP contribution in [0.25, 0.3) is 0 Å². The van der Waals surface area contributed by atoms with Crippen LogP contribution in [0.5, 0.6) is 11.5 Å². The molecule has 0 aliphatic carbocycles. The number of hydrogen-bond donors (Lipinski definition) is 2. The molecule has 3 aromatic rings. The molecule has 0 aliphatic rings. The molecule has 2 N–H and O–H groups in total. The summed E-state index contributed by atoms with van der Waals surface area (Å²) in [6.07, 6.45) is 1.05. The van der Waals surface area contributed by atoms with Crippen molar-refractivity contribution in [3.8, 4) is 11.5 Å². The lowest BCUT2D eigenvalue weighted by molar-refractivity contribution is 0.0977. The molecule has 0 aromatic heterocycles. The molecule has 0 radical (unpaired) electrons. The van der Waals surface area contributed by atoms with Crippen molar-refractivity contribution in [3.05, 3.63) is 90.0 Å². The normalized spacial score (nSPS) is 11.3. The van der Waals surface area contributed by atoms with Gasteiger partial charge in [-0.25, -0.2) is 0 Å². The van der Waals surface area contributed by atoms with Crippen LogP contribution in [0.4, 0.5) is 5.69 Å². The van der Waals surface area contributed by atoms with Gasteiger partial charge in [0.1, 0.15) is 18.1 Å². The molecule has 160 valence electrons. The molecule has 1 atom stereocenters. The largest absolute Gasteiger partial charge is 0.491 e. The molecule has 0 aliphatic heterocycles. The van der Waals surface area contributed by atoms with Gasteiger partial charge in [-0.05, 0) is 79.7 Å². The molecule has 0 spiro atoms. The monoisotopic (exact) mass is 434 g/mol. The number of anilines is 1. The van der Waals surface area contributed by atoms with E-state index in [2.05, 4.69) is 17.6 Å². The van der Waals surface area contributed by atoms with E-state index in [-0.39, 0.29) is 17.1 Å². The summed E-state index contributed by atoms with van der Waals surface area (Å²) in [5.74, 6) is 1.21. The first-order valence-corrected chi connectivity index (χ1v) is 10.6. The van der Waals surface area contributed by atoms with Gasteiger partial charge in [-0.1, -0.05) is 37.3 Å². The number of amides is 1. The van der Waals surface area contributed by atoms with Crippen LogP contribution in [0.3, 0.4) is 0 Å². The summed E-state index contributed by atoms with van der Waals surface area (Å²) in [7, 11) is 0. The Morgan fingerprint density at radius 2 is 1.58 bits per heavy atom. The summed E-state index contributed by atoms with van der Waals surface area (Å²) in [5.41, 5.74) is 2.37. The second kappa shape index (κ2) is 11.1. The number of ether oxygens (including phenoxy) is 2. The van der Waals surface area contributed by atoms with Crippen molar-refractivity contribution in [1.29, 1.82) is 0 Å². The maximum absolute atomic E-state index is 12.4. The molecule has 31 heavy (non-hydrogen) atoms. The number of thiocarbonyl (C=S) groups is 1. The minimum Gasteiger partial charge on any atom is -0.491 e. The van der Waals surface area contributed by atoms with Crippen LogP contribution in [0.2, 0.25) is 0 Å². The Morgan fingerprint density at radius 3 is 2.23 bits per heavy atom. The quantitative estimate of drug-likeness (QED) is 0.454. The first kappa shape index (κ1) is 22.3.